The third kappa shape index (κ3) is 5.34. The molecule has 0 aliphatic rings. The van der Waals surface area contributed by atoms with Crippen molar-refractivity contribution in [3.63, 3.8) is 0 Å². The highest BCUT2D eigenvalue weighted by atomic mass is 32.1. The summed E-state index contributed by atoms with van der Waals surface area (Å²) < 4.78 is 1.43. The Labute approximate surface area is 236 Å². The first kappa shape index (κ1) is 27.0. The summed E-state index contributed by atoms with van der Waals surface area (Å²) in [5.41, 5.74) is 0.805. The number of carbonyl (C=O) groups is 2. The highest BCUT2D eigenvalue weighted by molar-refractivity contribution is 7.15. The SMILES string of the molecule is O=C(c1ccc([N+](=O)[O-])cc1)C(C(=O)c1ccc([N+](=O)[O-])cc1)c1sc(-c2ccccc2)c(O)[n+]1-c1ccccc1. The van der Waals surface area contributed by atoms with Gasteiger partial charge in [0.1, 0.15) is 0 Å². The number of Topliss-reactive ketones (excluding diaryl/α,β-unsaturated/α-hetero) is 2. The Morgan fingerprint density at radius 2 is 1.12 bits per heavy atom. The predicted molar refractivity (Wildman–Crippen MR) is 151 cm³/mol. The van der Waals surface area contributed by atoms with Crippen molar-refractivity contribution in [2.75, 3.05) is 0 Å². The number of hydrogen-bond donors (Lipinski definition) is 1. The maximum Gasteiger partial charge on any atom is 0.390 e. The Hall–Kier alpha value is -5.55. The lowest BCUT2D eigenvalue weighted by Gasteiger charge is -2.12. The molecule has 202 valence electrons. The van der Waals surface area contributed by atoms with Gasteiger partial charge in [0.25, 0.3) is 16.4 Å². The number of rotatable bonds is 9. The molecule has 0 spiro atoms. The number of nitro groups is 2. The summed E-state index contributed by atoms with van der Waals surface area (Å²) in [5.74, 6) is -2.99. The minimum Gasteiger partial charge on any atom is -0.458 e. The molecule has 0 bridgehead atoms. The number of nitro benzene ring substituents is 2. The highest BCUT2D eigenvalue weighted by Gasteiger charge is 2.43. The largest absolute Gasteiger partial charge is 0.458 e. The highest BCUT2D eigenvalue weighted by Crippen LogP contribution is 2.39. The molecule has 0 saturated carbocycles. The fourth-order valence-electron chi connectivity index (χ4n) is 4.37. The van der Waals surface area contributed by atoms with Gasteiger partial charge in [0.05, 0.1) is 9.85 Å². The first-order chi connectivity index (χ1) is 19.8. The summed E-state index contributed by atoms with van der Waals surface area (Å²) in [6, 6.07) is 27.5. The van der Waals surface area contributed by atoms with E-state index in [1.54, 1.807) is 54.6 Å². The second-order valence-electron chi connectivity index (χ2n) is 8.90. The van der Waals surface area contributed by atoms with Crippen LogP contribution in [0.1, 0.15) is 31.6 Å². The zero-order chi connectivity index (χ0) is 29.1. The average Bonchev–Trinajstić information content (AvgIpc) is 3.34. The van der Waals surface area contributed by atoms with Crippen LogP contribution in [-0.2, 0) is 0 Å². The first-order valence-electron chi connectivity index (χ1n) is 12.2. The molecular weight excluding hydrogens is 546 g/mol. The lowest BCUT2D eigenvalue weighted by molar-refractivity contribution is -0.605. The number of nitrogens with zero attached hydrogens (tertiary/aromatic N) is 3. The predicted octanol–water partition coefficient (Wildman–Crippen LogP) is 6.06. The number of hydrogen-bond acceptors (Lipinski definition) is 8. The molecule has 5 rings (SSSR count). The van der Waals surface area contributed by atoms with E-state index >= 15 is 0 Å². The molecule has 10 nitrogen and oxygen atoms in total. The van der Waals surface area contributed by atoms with Crippen molar-refractivity contribution < 1.29 is 29.1 Å². The summed E-state index contributed by atoms with van der Waals surface area (Å²) in [5, 5.41) is 34.0. The number of aromatic hydroxyl groups is 1. The lowest BCUT2D eigenvalue weighted by atomic mass is 9.90. The maximum absolute atomic E-state index is 14.1. The lowest BCUT2D eigenvalue weighted by Crippen LogP contribution is -2.38. The topological polar surface area (TPSA) is 145 Å². The van der Waals surface area contributed by atoms with Gasteiger partial charge in [-0.3, -0.25) is 29.8 Å². The van der Waals surface area contributed by atoms with Crippen LogP contribution >= 0.6 is 11.3 Å². The van der Waals surface area contributed by atoms with Gasteiger partial charge in [0, 0.05) is 53.1 Å². The van der Waals surface area contributed by atoms with Gasteiger partial charge in [-0.2, -0.15) is 0 Å². The quantitative estimate of drug-likeness (QED) is 0.0750. The van der Waals surface area contributed by atoms with Gasteiger partial charge in [0.15, 0.2) is 22.4 Å². The molecule has 1 aromatic heterocycles. The molecule has 4 aromatic carbocycles. The van der Waals surface area contributed by atoms with Crippen LogP contribution in [0.15, 0.2) is 109 Å². The molecule has 0 aliphatic carbocycles. The molecule has 1 heterocycles. The molecular formula is C30H20N3O7S+. The number of thiazole rings is 1. The van der Waals surface area contributed by atoms with Crippen LogP contribution in [0.3, 0.4) is 0 Å². The molecule has 0 fully saturated rings. The number of ketones is 2. The molecule has 1 N–H and O–H groups in total. The Bertz CT molecular complexity index is 1700. The summed E-state index contributed by atoms with van der Waals surface area (Å²) in [7, 11) is 0. The van der Waals surface area contributed by atoms with Crippen molar-refractivity contribution in [2.45, 2.75) is 5.92 Å². The average molecular weight is 567 g/mol. The molecule has 0 amide bonds. The Kier molecular flexibility index (Phi) is 7.44. The summed E-state index contributed by atoms with van der Waals surface area (Å²) in [4.78, 5) is 49.7. The zero-order valence-electron chi connectivity index (χ0n) is 21.1. The normalized spacial score (nSPS) is 10.9. The van der Waals surface area contributed by atoms with E-state index in [-0.39, 0.29) is 33.4 Å². The molecule has 5 aromatic rings. The van der Waals surface area contributed by atoms with Crippen molar-refractivity contribution in [1.29, 1.82) is 0 Å². The van der Waals surface area contributed by atoms with Crippen molar-refractivity contribution in [1.82, 2.24) is 0 Å². The van der Waals surface area contributed by atoms with Gasteiger partial charge < -0.3 is 5.11 Å². The Morgan fingerprint density at radius 1 is 0.683 bits per heavy atom. The van der Waals surface area contributed by atoms with Crippen LogP contribution in [0.4, 0.5) is 11.4 Å². The van der Waals surface area contributed by atoms with Gasteiger partial charge >= 0.3 is 5.88 Å². The summed E-state index contributed by atoms with van der Waals surface area (Å²) >= 11 is 1.06. The van der Waals surface area contributed by atoms with Crippen molar-refractivity contribution in [2.24, 2.45) is 0 Å². The minimum absolute atomic E-state index is 0.0459. The smallest absolute Gasteiger partial charge is 0.390 e. The molecule has 0 radical (unpaired) electrons. The van der Waals surface area contributed by atoms with Crippen LogP contribution in [0, 0.1) is 20.2 Å². The van der Waals surface area contributed by atoms with E-state index in [1.807, 2.05) is 6.07 Å². The van der Waals surface area contributed by atoms with E-state index in [4.69, 9.17) is 0 Å². The summed E-state index contributed by atoms with van der Waals surface area (Å²) in [6.45, 7) is 0. The van der Waals surface area contributed by atoms with Gasteiger partial charge in [-0.25, -0.2) is 0 Å². The Balaban J connectivity index is 1.73. The van der Waals surface area contributed by atoms with Crippen LogP contribution < -0.4 is 4.57 Å². The molecule has 41 heavy (non-hydrogen) atoms. The minimum atomic E-state index is -1.49. The second-order valence-corrected chi connectivity index (χ2v) is 9.93. The van der Waals surface area contributed by atoms with Crippen molar-refractivity contribution >= 4 is 34.3 Å². The van der Waals surface area contributed by atoms with E-state index in [9.17, 15) is 34.9 Å². The van der Waals surface area contributed by atoms with E-state index in [0.29, 0.717) is 16.1 Å². The van der Waals surface area contributed by atoms with Gasteiger partial charge in [-0.05, 0) is 24.3 Å². The number of aromatic nitrogens is 1. The third-order valence-corrected chi connectivity index (χ3v) is 7.64. The van der Waals surface area contributed by atoms with Crippen LogP contribution in [0.2, 0.25) is 0 Å². The molecule has 0 unspecified atom stereocenters. The van der Waals surface area contributed by atoms with E-state index in [2.05, 4.69) is 0 Å². The fourth-order valence-corrected chi connectivity index (χ4v) is 5.63. The van der Waals surface area contributed by atoms with Crippen molar-refractivity contribution in [3.8, 4) is 22.0 Å². The van der Waals surface area contributed by atoms with Gasteiger partial charge in [0.2, 0.25) is 5.69 Å². The van der Waals surface area contributed by atoms with Crippen molar-refractivity contribution in [3.05, 3.63) is 146 Å². The Morgan fingerprint density at radius 3 is 1.56 bits per heavy atom. The first-order valence-corrected chi connectivity index (χ1v) is 13.0. The monoisotopic (exact) mass is 566 g/mol. The van der Waals surface area contributed by atoms with E-state index in [1.165, 1.54) is 53.1 Å². The second kappa shape index (κ2) is 11.3. The number of benzene rings is 4. The van der Waals surface area contributed by atoms with E-state index in [0.717, 1.165) is 11.3 Å². The maximum atomic E-state index is 14.1. The van der Waals surface area contributed by atoms with Crippen LogP contribution in [0.25, 0.3) is 16.1 Å². The molecule has 0 saturated heterocycles. The fraction of sp³-hybridized carbons (Fsp3) is 0.0333. The molecule has 11 heteroatoms. The van der Waals surface area contributed by atoms with E-state index < -0.39 is 27.3 Å². The number of para-hydroxylation sites is 1. The van der Waals surface area contributed by atoms with Gasteiger partial charge in [-0.15, -0.1) is 4.57 Å². The number of carbonyl (C=O) groups excluding carboxylic acids is 2. The molecule has 0 atom stereocenters. The third-order valence-electron chi connectivity index (χ3n) is 6.39. The number of non-ortho nitro benzene ring substituents is 2. The zero-order valence-corrected chi connectivity index (χ0v) is 21.9. The standard InChI is InChI=1S/C30H19N3O7S/c34-26(19-11-15-23(16-12-19)32(37)38)25(27(35)20-13-17-24(18-14-20)33(39)40)30-31(22-9-5-2-6-10-22)29(36)28(41-30)21-7-3-1-4-8-21/h1-18,25H/p+1. The van der Waals surface area contributed by atoms with Gasteiger partial charge in [-0.1, -0.05) is 59.9 Å². The van der Waals surface area contributed by atoms with Crippen LogP contribution in [-0.4, -0.2) is 26.5 Å². The van der Waals surface area contributed by atoms with Crippen LogP contribution in [0.5, 0.6) is 5.88 Å². The molecule has 0 aliphatic heterocycles. The summed E-state index contributed by atoms with van der Waals surface area (Å²) in [6.07, 6.45) is 0.